The van der Waals surface area contributed by atoms with Gasteiger partial charge in [-0.25, -0.2) is 5.21 Å². The molecule has 0 spiro atoms. The molecule has 9 nitrogen and oxygen atoms in total. The van der Waals surface area contributed by atoms with E-state index in [1.165, 1.54) is 0 Å². The summed E-state index contributed by atoms with van der Waals surface area (Å²) in [6.45, 7) is 0.303. The van der Waals surface area contributed by atoms with Crippen molar-refractivity contribution in [3.8, 4) is 5.75 Å². The van der Waals surface area contributed by atoms with Crippen LogP contribution in [0.1, 0.15) is 12.8 Å². The van der Waals surface area contributed by atoms with Crippen LogP contribution in [0.25, 0.3) is 0 Å². The molecule has 0 fully saturated rings. The van der Waals surface area contributed by atoms with Crippen LogP contribution in [0.2, 0.25) is 0 Å². The van der Waals surface area contributed by atoms with Crippen LogP contribution in [0.3, 0.4) is 0 Å². The second-order valence-electron chi connectivity index (χ2n) is 5.54. The van der Waals surface area contributed by atoms with Gasteiger partial charge in [-0.1, -0.05) is 12.1 Å². The summed E-state index contributed by atoms with van der Waals surface area (Å²) in [6.07, 6.45) is 4.41. The maximum absolute atomic E-state index is 10.7. The molecule has 26 heavy (non-hydrogen) atoms. The summed E-state index contributed by atoms with van der Waals surface area (Å²) in [7, 11) is 0. The van der Waals surface area contributed by atoms with E-state index in [1.54, 1.807) is 36.4 Å². The Kier molecular flexibility index (Phi) is 7.57. The van der Waals surface area contributed by atoms with Gasteiger partial charge in [0.05, 0.1) is 13.0 Å². The van der Waals surface area contributed by atoms with Gasteiger partial charge in [0, 0.05) is 16.9 Å². The molecule has 142 valence electrons. The third kappa shape index (κ3) is 5.04. The van der Waals surface area contributed by atoms with Gasteiger partial charge in [-0.2, -0.15) is 5.48 Å². The molecular formula is C17H25N3O6+2. The van der Waals surface area contributed by atoms with E-state index in [-0.39, 0.29) is 12.1 Å². The number of benzene rings is 1. The molecule has 0 aliphatic heterocycles. The first-order valence-electron chi connectivity index (χ1n) is 8.21. The molecule has 2 rings (SSSR count). The molecule has 1 aromatic carbocycles. The minimum atomic E-state index is -1.34. The molecule has 1 atom stereocenters. The van der Waals surface area contributed by atoms with E-state index in [4.69, 9.17) is 20.3 Å². The minimum absolute atomic E-state index is 0.173. The van der Waals surface area contributed by atoms with Gasteiger partial charge in [-0.05, 0) is 25.1 Å². The molecule has 1 aromatic rings. The highest BCUT2D eigenvalue weighted by molar-refractivity contribution is 5.94. The Balaban J connectivity index is 2.32. The minimum Gasteiger partial charge on any atom is -0.487 e. The predicted molar refractivity (Wildman–Crippen MR) is 91.7 cm³/mol. The summed E-state index contributed by atoms with van der Waals surface area (Å²) in [5, 5.41) is 38.5. The SMILES string of the molecule is NCCCOc1cccc([NH2+]O)c1/[N+](O)=C1/C=CC=C(OC(O)CO)C1. The molecule has 0 saturated heterocycles. The average Bonchev–Trinajstić information content (AvgIpc) is 2.67. The number of aliphatic hydroxyl groups excluding tert-OH is 2. The lowest BCUT2D eigenvalue weighted by atomic mass is 10.1. The van der Waals surface area contributed by atoms with Crippen LogP contribution in [0.4, 0.5) is 11.4 Å². The van der Waals surface area contributed by atoms with Gasteiger partial charge in [-0.15, -0.1) is 0 Å². The Morgan fingerprint density at radius 3 is 2.85 bits per heavy atom. The lowest BCUT2D eigenvalue weighted by Crippen LogP contribution is -2.74. The van der Waals surface area contributed by atoms with E-state index < -0.39 is 12.9 Å². The second kappa shape index (κ2) is 9.90. The molecular weight excluding hydrogens is 342 g/mol. The number of ether oxygens (including phenoxy) is 2. The van der Waals surface area contributed by atoms with Gasteiger partial charge in [-0.3, -0.25) is 5.21 Å². The Hall–Kier alpha value is -2.43. The number of hydrogen-bond donors (Lipinski definition) is 6. The van der Waals surface area contributed by atoms with Gasteiger partial charge < -0.3 is 25.4 Å². The highest BCUT2D eigenvalue weighted by atomic mass is 16.6. The van der Waals surface area contributed by atoms with Crippen molar-refractivity contribution in [3.05, 3.63) is 42.2 Å². The van der Waals surface area contributed by atoms with E-state index in [0.29, 0.717) is 42.5 Å². The summed E-state index contributed by atoms with van der Waals surface area (Å²) in [5.41, 5.74) is 7.43. The standard InChI is InChI=1S/C17H24N3O6/c18-8-3-9-25-15-7-2-6-14(19-23)17(15)20(24)12-4-1-5-13(10-12)26-16(22)11-21/h1-2,4-7,16,19,21-24H,3,8-11,18H2/q+1/p+1/b20-12+. The zero-order valence-electron chi connectivity index (χ0n) is 14.3. The first kappa shape index (κ1) is 19.9. The molecule has 9 heteroatoms. The monoisotopic (exact) mass is 367 g/mol. The molecule has 0 bridgehead atoms. The average molecular weight is 367 g/mol. The Morgan fingerprint density at radius 2 is 2.15 bits per heavy atom. The van der Waals surface area contributed by atoms with E-state index in [1.807, 2.05) is 0 Å². The van der Waals surface area contributed by atoms with Crippen molar-refractivity contribution >= 4 is 17.1 Å². The van der Waals surface area contributed by atoms with E-state index in [9.17, 15) is 15.5 Å². The van der Waals surface area contributed by atoms with Crippen LogP contribution < -0.4 is 16.0 Å². The van der Waals surface area contributed by atoms with E-state index in [0.717, 1.165) is 10.2 Å². The normalized spacial score (nSPS) is 16.8. The van der Waals surface area contributed by atoms with Gasteiger partial charge in [0.2, 0.25) is 23.4 Å². The highest BCUT2D eigenvalue weighted by Crippen LogP contribution is 2.33. The molecule has 0 amide bonds. The molecule has 8 N–H and O–H groups in total. The van der Waals surface area contributed by atoms with Crippen molar-refractivity contribution in [2.24, 2.45) is 5.73 Å². The van der Waals surface area contributed by atoms with Crippen molar-refractivity contribution in [1.29, 1.82) is 0 Å². The number of nitrogens with zero attached hydrogens (tertiary/aromatic N) is 1. The Bertz CT molecular complexity index is 702. The third-order valence-electron chi connectivity index (χ3n) is 3.63. The van der Waals surface area contributed by atoms with Crippen molar-refractivity contribution in [2.75, 3.05) is 19.8 Å². The number of hydrogen-bond acceptors (Lipinski definition) is 7. The highest BCUT2D eigenvalue weighted by Gasteiger charge is 2.30. The summed E-state index contributed by atoms with van der Waals surface area (Å²) in [5.74, 6) is 0.760. The summed E-state index contributed by atoms with van der Waals surface area (Å²) < 4.78 is 11.7. The number of aliphatic hydroxyl groups is 2. The van der Waals surface area contributed by atoms with Crippen molar-refractivity contribution in [2.45, 2.75) is 19.1 Å². The van der Waals surface area contributed by atoms with Gasteiger partial charge >= 0.3 is 5.69 Å². The van der Waals surface area contributed by atoms with Crippen molar-refractivity contribution in [3.63, 3.8) is 0 Å². The first-order valence-corrected chi connectivity index (χ1v) is 8.21. The van der Waals surface area contributed by atoms with Crippen molar-refractivity contribution < 1.29 is 40.3 Å². The molecule has 0 radical (unpaired) electrons. The largest absolute Gasteiger partial charge is 0.487 e. The molecule has 1 aliphatic carbocycles. The molecule has 0 aromatic heterocycles. The topological polar surface area (TPSA) is 145 Å². The zero-order valence-corrected chi connectivity index (χ0v) is 14.3. The number of nitrogens with two attached hydrogens (primary N) is 2. The fraction of sp³-hybridized carbons (Fsp3) is 0.353. The van der Waals surface area contributed by atoms with E-state index >= 15 is 0 Å². The number of para-hydroxylation sites is 1. The van der Waals surface area contributed by atoms with Crippen LogP contribution in [-0.4, -0.2) is 57.1 Å². The van der Waals surface area contributed by atoms with Crippen LogP contribution >= 0.6 is 0 Å². The number of rotatable bonds is 9. The third-order valence-corrected chi connectivity index (χ3v) is 3.63. The fourth-order valence-electron chi connectivity index (χ4n) is 2.40. The Labute approximate surface area is 150 Å². The fourth-order valence-corrected chi connectivity index (χ4v) is 2.40. The van der Waals surface area contributed by atoms with Crippen LogP contribution in [-0.2, 0) is 4.74 Å². The quantitative estimate of drug-likeness (QED) is 0.0873. The molecule has 0 saturated carbocycles. The summed E-state index contributed by atoms with van der Waals surface area (Å²) >= 11 is 0. The second-order valence-corrected chi connectivity index (χ2v) is 5.54. The predicted octanol–water partition coefficient (Wildman–Crippen LogP) is -0.356. The Morgan fingerprint density at radius 1 is 1.35 bits per heavy atom. The maximum Gasteiger partial charge on any atom is 0.361 e. The summed E-state index contributed by atoms with van der Waals surface area (Å²) in [4.78, 5) is 0. The van der Waals surface area contributed by atoms with Gasteiger partial charge in [0.1, 0.15) is 12.4 Å². The van der Waals surface area contributed by atoms with Gasteiger partial charge in [0.15, 0.2) is 0 Å². The van der Waals surface area contributed by atoms with Crippen LogP contribution in [0.15, 0.2) is 42.2 Å². The van der Waals surface area contributed by atoms with E-state index in [2.05, 4.69) is 0 Å². The summed E-state index contributed by atoms with van der Waals surface area (Å²) in [6, 6.07) is 5.01. The van der Waals surface area contributed by atoms with Crippen LogP contribution in [0.5, 0.6) is 5.75 Å². The molecule has 1 unspecified atom stereocenters. The van der Waals surface area contributed by atoms with Crippen molar-refractivity contribution in [1.82, 2.24) is 0 Å². The molecule has 1 aliphatic rings. The first-order chi connectivity index (χ1) is 12.6. The smallest absolute Gasteiger partial charge is 0.361 e. The lowest BCUT2D eigenvalue weighted by Gasteiger charge is -2.15. The number of quaternary nitrogens is 1. The molecule has 0 heterocycles. The maximum atomic E-state index is 10.7. The zero-order chi connectivity index (χ0) is 18.9. The lowest BCUT2D eigenvalue weighted by molar-refractivity contribution is -0.830. The number of allylic oxidation sites excluding steroid dienone is 4. The van der Waals surface area contributed by atoms with Gasteiger partial charge in [0.25, 0.3) is 0 Å². The van der Waals surface area contributed by atoms with Crippen LogP contribution in [0, 0.1) is 0 Å².